The quantitative estimate of drug-likeness (QED) is 0.423. The summed E-state index contributed by atoms with van der Waals surface area (Å²) in [6.45, 7) is 1.94. The monoisotopic (exact) mass is 324 g/mol. The number of carbonyl (C=O) groups is 1. The molecule has 3 rings (SSSR count). The zero-order valence-corrected chi connectivity index (χ0v) is 13.1. The minimum absolute atomic E-state index is 0.0163. The molecular weight excluding hydrogens is 308 g/mol. The van der Waals surface area contributed by atoms with Crippen LogP contribution in [0.4, 0.5) is 5.69 Å². The predicted molar refractivity (Wildman–Crippen MR) is 90.6 cm³/mol. The number of hydrogen-bond acceptors (Lipinski definition) is 4. The van der Waals surface area contributed by atoms with Crippen LogP contribution in [0.2, 0.25) is 0 Å². The number of aryl methyl sites for hydroxylation is 1. The number of ketones is 1. The van der Waals surface area contributed by atoms with Crippen LogP contribution in [0.25, 0.3) is 10.9 Å². The summed E-state index contributed by atoms with van der Waals surface area (Å²) in [6.07, 6.45) is 2.58. The standard InChI is InChI=1S/C18H16N2O4/c1-2-12-4-3-5-15-16(10-19-18(12)15)17(21)11-24-14-8-6-13(7-9-14)20(22)23/h3-10,19H,2,11H2,1H3. The van der Waals surface area contributed by atoms with Gasteiger partial charge in [0.2, 0.25) is 5.78 Å². The second-order valence-corrected chi connectivity index (χ2v) is 5.36. The number of non-ortho nitro benzene ring substituents is 1. The van der Waals surface area contributed by atoms with Gasteiger partial charge in [-0.15, -0.1) is 0 Å². The molecule has 0 aliphatic rings. The molecule has 3 aromatic rings. The first-order chi connectivity index (χ1) is 11.6. The van der Waals surface area contributed by atoms with Crippen molar-refractivity contribution in [2.24, 2.45) is 0 Å². The van der Waals surface area contributed by atoms with Gasteiger partial charge in [-0.25, -0.2) is 0 Å². The second-order valence-electron chi connectivity index (χ2n) is 5.36. The molecule has 1 N–H and O–H groups in total. The summed E-state index contributed by atoms with van der Waals surface area (Å²) in [6, 6.07) is 11.5. The van der Waals surface area contributed by atoms with Gasteiger partial charge >= 0.3 is 0 Å². The van der Waals surface area contributed by atoms with E-state index in [9.17, 15) is 14.9 Å². The number of aromatic nitrogens is 1. The molecule has 0 aliphatic heterocycles. The molecule has 0 saturated carbocycles. The SMILES string of the molecule is CCc1cccc2c(C(=O)COc3ccc([N+](=O)[O-])cc3)c[nH]c12. The summed E-state index contributed by atoms with van der Waals surface area (Å²) in [5.74, 6) is 0.274. The Labute approximate surface area is 138 Å². The largest absolute Gasteiger partial charge is 0.485 e. The molecule has 0 spiro atoms. The fourth-order valence-corrected chi connectivity index (χ4v) is 2.63. The van der Waals surface area contributed by atoms with Crippen molar-refractivity contribution in [1.82, 2.24) is 4.98 Å². The van der Waals surface area contributed by atoms with Gasteiger partial charge in [-0.3, -0.25) is 14.9 Å². The highest BCUT2D eigenvalue weighted by molar-refractivity contribution is 6.09. The number of fused-ring (bicyclic) bond motifs is 1. The third-order valence-electron chi connectivity index (χ3n) is 3.90. The van der Waals surface area contributed by atoms with Crippen molar-refractivity contribution >= 4 is 22.4 Å². The molecule has 0 radical (unpaired) electrons. The molecule has 0 fully saturated rings. The maximum atomic E-state index is 12.4. The van der Waals surface area contributed by atoms with Crippen LogP contribution < -0.4 is 4.74 Å². The van der Waals surface area contributed by atoms with Crippen molar-refractivity contribution in [3.8, 4) is 5.75 Å². The number of nitrogens with one attached hydrogen (secondary N) is 1. The smallest absolute Gasteiger partial charge is 0.269 e. The summed E-state index contributed by atoms with van der Waals surface area (Å²) in [7, 11) is 0. The number of carbonyl (C=O) groups excluding carboxylic acids is 1. The van der Waals surface area contributed by atoms with Crippen LogP contribution in [0.1, 0.15) is 22.8 Å². The number of H-pyrrole nitrogens is 1. The van der Waals surface area contributed by atoms with E-state index >= 15 is 0 Å². The molecule has 122 valence electrons. The first kappa shape index (κ1) is 15.7. The normalized spacial score (nSPS) is 10.7. The van der Waals surface area contributed by atoms with Crippen molar-refractivity contribution in [2.45, 2.75) is 13.3 Å². The molecule has 1 aromatic heterocycles. The zero-order chi connectivity index (χ0) is 17.1. The second kappa shape index (κ2) is 6.54. The molecule has 1 heterocycles. The number of benzene rings is 2. The van der Waals surface area contributed by atoms with Crippen molar-refractivity contribution in [3.05, 3.63) is 69.9 Å². The molecule has 6 nitrogen and oxygen atoms in total. The number of nitrogens with zero attached hydrogens (tertiary/aromatic N) is 1. The lowest BCUT2D eigenvalue weighted by Gasteiger charge is -2.05. The third-order valence-corrected chi connectivity index (χ3v) is 3.90. The fourth-order valence-electron chi connectivity index (χ4n) is 2.63. The van der Waals surface area contributed by atoms with E-state index in [1.54, 1.807) is 6.20 Å². The Morgan fingerprint density at radius 1 is 1.21 bits per heavy atom. The lowest BCUT2D eigenvalue weighted by molar-refractivity contribution is -0.384. The Kier molecular flexibility index (Phi) is 4.29. The number of ether oxygens (including phenoxy) is 1. The van der Waals surface area contributed by atoms with Crippen molar-refractivity contribution < 1.29 is 14.5 Å². The average Bonchev–Trinajstić information content (AvgIpc) is 3.04. The number of rotatable bonds is 6. The summed E-state index contributed by atoms with van der Waals surface area (Å²) in [5, 5.41) is 11.5. The summed E-state index contributed by atoms with van der Waals surface area (Å²) in [4.78, 5) is 25.7. The lowest BCUT2D eigenvalue weighted by atomic mass is 10.1. The van der Waals surface area contributed by atoms with Gasteiger partial charge in [-0.2, -0.15) is 0 Å². The van der Waals surface area contributed by atoms with Gasteiger partial charge in [0.1, 0.15) is 5.75 Å². The maximum Gasteiger partial charge on any atom is 0.269 e. The van der Waals surface area contributed by atoms with E-state index in [-0.39, 0.29) is 18.1 Å². The Hall–Kier alpha value is -3.15. The highest BCUT2D eigenvalue weighted by Gasteiger charge is 2.14. The minimum Gasteiger partial charge on any atom is -0.485 e. The molecule has 0 amide bonds. The maximum absolute atomic E-state index is 12.4. The van der Waals surface area contributed by atoms with Gasteiger partial charge < -0.3 is 9.72 Å². The fraction of sp³-hybridized carbons (Fsp3) is 0.167. The van der Waals surface area contributed by atoms with E-state index in [4.69, 9.17) is 4.74 Å². The van der Waals surface area contributed by atoms with E-state index < -0.39 is 4.92 Å². The van der Waals surface area contributed by atoms with Crippen LogP contribution in [-0.4, -0.2) is 22.3 Å². The molecule has 0 unspecified atom stereocenters. The summed E-state index contributed by atoms with van der Waals surface area (Å²) >= 11 is 0. The van der Waals surface area contributed by atoms with Crippen LogP contribution in [0.15, 0.2) is 48.7 Å². The number of para-hydroxylation sites is 1. The van der Waals surface area contributed by atoms with Gasteiger partial charge in [-0.05, 0) is 24.1 Å². The Morgan fingerprint density at radius 3 is 2.62 bits per heavy atom. The Morgan fingerprint density at radius 2 is 1.96 bits per heavy atom. The first-order valence-electron chi connectivity index (χ1n) is 7.59. The highest BCUT2D eigenvalue weighted by atomic mass is 16.6. The van der Waals surface area contributed by atoms with Gasteiger partial charge in [0.05, 0.1) is 4.92 Å². The van der Waals surface area contributed by atoms with Crippen molar-refractivity contribution in [1.29, 1.82) is 0 Å². The zero-order valence-electron chi connectivity index (χ0n) is 13.1. The van der Waals surface area contributed by atoms with E-state index in [1.165, 1.54) is 24.3 Å². The highest BCUT2D eigenvalue weighted by Crippen LogP contribution is 2.23. The van der Waals surface area contributed by atoms with E-state index in [0.29, 0.717) is 11.3 Å². The third kappa shape index (κ3) is 2.99. The first-order valence-corrected chi connectivity index (χ1v) is 7.59. The molecule has 0 saturated heterocycles. The topological polar surface area (TPSA) is 85.2 Å². The molecule has 6 heteroatoms. The van der Waals surface area contributed by atoms with Gasteiger partial charge in [-0.1, -0.05) is 25.1 Å². The summed E-state index contributed by atoms with van der Waals surface area (Å²) < 4.78 is 5.45. The van der Waals surface area contributed by atoms with Gasteiger partial charge in [0.25, 0.3) is 5.69 Å². The Balaban J connectivity index is 1.74. The molecule has 0 atom stereocenters. The van der Waals surface area contributed by atoms with Crippen molar-refractivity contribution in [3.63, 3.8) is 0 Å². The van der Waals surface area contributed by atoms with Crippen LogP contribution in [0.3, 0.4) is 0 Å². The summed E-state index contributed by atoms with van der Waals surface area (Å²) in [5.41, 5.74) is 2.70. The molecule has 2 aromatic carbocycles. The van der Waals surface area contributed by atoms with Crippen LogP contribution >= 0.6 is 0 Å². The average molecular weight is 324 g/mol. The minimum atomic E-state index is -0.480. The predicted octanol–water partition coefficient (Wildman–Crippen LogP) is 3.90. The molecular formula is C18H16N2O4. The number of nitro groups is 1. The van der Waals surface area contributed by atoms with Crippen LogP contribution in [0.5, 0.6) is 5.75 Å². The van der Waals surface area contributed by atoms with E-state index in [1.807, 2.05) is 18.2 Å². The van der Waals surface area contributed by atoms with E-state index in [0.717, 1.165) is 22.9 Å². The number of nitro benzene ring substituents is 1. The number of aromatic amines is 1. The van der Waals surface area contributed by atoms with Gasteiger partial charge in [0, 0.05) is 34.8 Å². The number of Topliss-reactive ketones (excluding diaryl/α,β-unsaturated/α-hetero) is 1. The lowest BCUT2D eigenvalue weighted by Crippen LogP contribution is -2.11. The molecule has 24 heavy (non-hydrogen) atoms. The molecule has 0 aliphatic carbocycles. The van der Waals surface area contributed by atoms with Gasteiger partial charge in [0.15, 0.2) is 6.61 Å². The number of hydrogen-bond donors (Lipinski definition) is 1. The van der Waals surface area contributed by atoms with E-state index in [2.05, 4.69) is 11.9 Å². The van der Waals surface area contributed by atoms with Crippen LogP contribution in [-0.2, 0) is 6.42 Å². The van der Waals surface area contributed by atoms with Crippen LogP contribution in [0, 0.1) is 10.1 Å². The van der Waals surface area contributed by atoms with Crippen molar-refractivity contribution in [2.75, 3.05) is 6.61 Å². The Bertz CT molecular complexity index is 897. The molecule has 0 bridgehead atoms.